The highest BCUT2D eigenvalue weighted by Gasteiger charge is 2.32. The predicted molar refractivity (Wildman–Crippen MR) is 135 cm³/mol. The summed E-state index contributed by atoms with van der Waals surface area (Å²) in [5.41, 5.74) is 1.55. The molecule has 1 amide bonds. The molecule has 0 bridgehead atoms. The maximum atomic E-state index is 13.0. The van der Waals surface area contributed by atoms with E-state index in [0.29, 0.717) is 31.7 Å². The molecule has 2 aliphatic heterocycles. The maximum Gasteiger partial charge on any atom is 0.243 e. The minimum absolute atomic E-state index is 0.124. The molecule has 9 nitrogen and oxygen atoms in total. The van der Waals surface area contributed by atoms with Gasteiger partial charge < -0.3 is 10.1 Å². The van der Waals surface area contributed by atoms with Gasteiger partial charge in [-0.1, -0.05) is 12.1 Å². The van der Waals surface area contributed by atoms with E-state index in [0.717, 1.165) is 24.0 Å². The summed E-state index contributed by atoms with van der Waals surface area (Å²) in [6.07, 6.45) is 2.64. The molecule has 0 unspecified atom stereocenters. The van der Waals surface area contributed by atoms with Crippen LogP contribution < -0.4 is 10.1 Å². The third-order valence-corrected chi connectivity index (χ3v) is 10.7. The van der Waals surface area contributed by atoms with E-state index in [2.05, 4.69) is 5.32 Å². The van der Waals surface area contributed by atoms with Crippen LogP contribution in [0.15, 0.2) is 52.3 Å². The number of nitrogens with zero attached hydrogens (tertiary/aromatic N) is 2. The number of piperidine rings is 1. The summed E-state index contributed by atoms with van der Waals surface area (Å²) >= 11 is 0. The molecular weight excluding hydrogens is 502 g/mol. The third-order valence-electron chi connectivity index (χ3n) is 6.92. The molecule has 0 atom stereocenters. The minimum Gasteiger partial charge on any atom is -0.496 e. The lowest BCUT2D eigenvalue weighted by atomic mass is 9.97. The number of amides is 1. The van der Waals surface area contributed by atoms with Gasteiger partial charge >= 0.3 is 0 Å². The van der Waals surface area contributed by atoms with Crippen molar-refractivity contribution in [2.75, 3.05) is 33.3 Å². The van der Waals surface area contributed by atoms with Gasteiger partial charge in [-0.15, -0.1) is 0 Å². The van der Waals surface area contributed by atoms with Crippen LogP contribution in [0.25, 0.3) is 0 Å². The Morgan fingerprint density at radius 2 is 1.44 bits per heavy atom. The number of sulfonamides is 2. The molecule has 2 aliphatic rings. The zero-order chi connectivity index (χ0) is 25.9. The Bertz CT molecular complexity index is 1300. The van der Waals surface area contributed by atoms with Crippen molar-refractivity contribution in [1.29, 1.82) is 0 Å². The number of methoxy groups -OCH3 is 1. The molecule has 2 heterocycles. The minimum atomic E-state index is -3.64. The van der Waals surface area contributed by atoms with E-state index in [1.165, 1.54) is 8.61 Å². The van der Waals surface area contributed by atoms with Crippen LogP contribution in [0, 0.1) is 12.8 Å². The largest absolute Gasteiger partial charge is 0.496 e. The van der Waals surface area contributed by atoms with Crippen LogP contribution in [-0.2, 0) is 31.4 Å². The average Bonchev–Trinajstić information content (AvgIpc) is 3.44. The summed E-state index contributed by atoms with van der Waals surface area (Å²) in [6, 6.07) is 11.4. The summed E-state index contributed by atoms with van der Waals surface area (Å²) in [5, 5.41) is 2.91. The van der Waals surface area contributed by atoms with Crippen molar-refractivity contribution in [2.24, 2.45) is 5.92 Å². The zero-order valence-electron chi connectivity index (χ0n) is 20.6. The number of hydrogen-bond donors (Lipinski definition) is 1. The topological polar surface area (TPSA) is 113 Å². The number of nitrogens with one attached hydrogen (secondary N) is 1. The van der Waals surface area contributed by atoms with Gasteiger partial charge in [0.2, 0.25) is 26.0 Å². The first-order chi connectivity index (χ1) is 17.1. The van der Waals surface area contributed by atoms with E-state index in [1.807, 2.05) is 0 Å². The summed E-state index contributed by atoms with van der Waals surface area (Å²) in [7, 11) is -5.56. The molecule has 196 valence electrons. The Balaban J connectivity index is 1.29. The number of ether oxygens (including phenoxy) is 1. The number of carbonyl (C=O) groups is 1. The molecule has 2 saturated heterocycles. The number of rotatable bonds is 8. The molecule has 11 heteroatoms. The van der Waals surface area contributed by atoms with Crippen molar-refractivity contribution in [3.05, 3.63) is 53.6 Å². The Labute approximate surface area is 213 Å². The number of aryl methyl sites for hydroxylation is 1. The maximum absolute atomic E-state index is 13.0. The number of benzene rings is 2. The molecule has 2 fully saturated rings. The first-order valence-corrected chi connectivity index (χ1v) is 15.0. The molecule has 36 heavy (non-hydrogen) atoms. The summed E-state index contributed by atoms with van der Waals surface area (Å²) in [6.45, 7) is 3.74. The monoisotopic (exact) mass is 535 g/mol. The fourth-order valence-corrected chi connectivity index (χ4v) is 7.78. The molecular formula is C25H33N3O6S2. The van der Waals surface area contributed by atoms with E-state index >= 15 is 0 Å². The van der Waals surface area contributed by atoms with Gasteiger partial charge in [-0.05, 0) is 74.1 Å². The first kappa shape index (κ1) is 26.6. The lowest BCUT2D eigenvalue weighted by Crippen LogP contribution is -2.42. The highest BCUT2D eigenvalue weighted by molar-refractivity contribution is 7.89. The first-order valence-electron chi connectivity index (χ1n) is 12.1. The number of carbonyl (C=O) groups excluding carboxylic acids is 1. The van der Waals surface area contributed by atoms with Crippen molar-refractivity contribution in [1.82, 2.24) is 13.9 Å². The molecule has 0 aromatic heterocycles. The van der Waals surface area contributed by atoms with Crippen molar-refractivity contribution in [3.8, 4) is 5.75 Å². The predicted octanol–water partition coefficient (Wildman–Crippen LogP) is 2.51. The van der Waals surface area contributed by atoms with Crippen LogP contribution in [0.3, 0.4) is 0 Å². The summed E-state index contributed by atoms with van der Waals surface area (Å²) < 4.78 is 59.6. The lowest BCUT2D eigenvalue weighted by Gasteiger charge is -2.30. The quantitative estimate of drug-likeness (QED) is 0.556. The van der Waals surface area contributed by atoms with Crippen molar-refractivity contribution < 1.29 is 26.4 Å². The SMILES string of the molecule is COc1ccc(S(=O)(=O)N2CCC(C(=O)NCc3ccc(S(=O)(=O)N4CCCC4)cc3)CC2)cc1C. The highest BCUT2D eigenvalue weighted by Crippen LogP contribution is 2.27. The molecule has 1 N–H and O–H groups in total. The zero-order valence-corrected chi connectivity index (χ0v) is 22.3. The Morgan fingerprint density at radius 3 is 2.03 bits per heavy atom. The molecule has 0 saturated carbocycles. The molecule has 0 radical (unpaired) electrons. The Hall–Kier alpha value is -2.47. The van der Waals surface area contributed by atoms with Crippen LogP contribution in [0.5, 0.6) is 5.75 Å². The fourth-order valence-electron chi connectivity index (χ4n) is 4.71. The van der Waals surface area contributed by atoms with Gasteiger partial charge in [0.25, 0.3) is 0 Å². The van der Waals surface area contributed by atoms with Gasteiger partial charge in [0.05, 0.1) is 16.9 Å². The van der Waals surface area contributed by atoms with Crippen molar-refractivity contribution >= 4 is 26.0 Å². The standard InChI is InChI=1S/C25H33N3O6S2/c1-19-17-23(9-10-24(19)34-2)36(32,33)28-15-11-21(12-16-28)25(29)26-18-20-5-7-22(8-6-20)35(30,31)27-13-3-4-14-27/h5-10,17,21H,3-4,11-16,18H2,1-2H3,(H,26,29). The normalized spacial score (nSPS) is 18.3. The average molecular weight is 536 g/mol. The lowest BCUT2D eigenvalue weighted by molar-refractivity contribution is -0.126. The van der Waals surface area contributed by atoms with Crippen LogP contribution in [0.2, 0.25) is 0 Å². The van der Waals surface area contributed by atoms with E-state index in [1.54, 1.807) is 56.5 Å². The second kappa shape index (κ2) is 10.9. The van der Waals surface area contributed by atoms with E-state index < -0.39 is 20.0 Å². The molecule has 0 aliphatic carbocycles. The van der Waals surface area contributed by atoms with Crippen molar-refractivity contribution in [2.45, 2.75) is 48.9 Å². The van der Waals surface area contributed by atoms with Crippen molar-refractivity contribution in [3.63, 3.8) is 0 Å². The summed E-state index contributed by atoms with van der Waals surface area (Å²) in [5.74, 6) is 0.233. The number of hydrogen-bond acceptors (Lipinski definition) is 6. The molecule has 4 rings (SSSR count). The van der Waals surface area contributed by atoms with Crippen LogP contribution in [0.4, 0.5) is 0 Å². The van der Waals surface area contributed by atoms with Gasteiger partial charge in [-0.2, -0.15) is 8.61 Å². The van der Waals surface area contributed by atoms with Gasteiger partial charge in [-0.25, -0.2) is 16.8 Å². The molecule has 0 spiro atoms. The van der Waals surface area contributed by atoms with Crippen LogP contribution in [-0.4, -0.2) is 64.6 Å². The van der Waals surface area contributed by atoms with Crippen LogP contribution in [0.1, 0.15) is 36.8 Å². The van der Waals surface area contributed by atoms with Gasteiger partial charge in [0, 0.05) is 38.6 Å². The Morgan fingerprint density at radius 1 is 0.889 bits per heavy atom. The fraction of sp³-hybridized carbons (Fsp3) is 0.480. The molecule has 2 aromatic carbocycles. The van der Waals surface area contributed by atoms with Gasteiger partial charge in [0.1, 0.15) is 5.75 Å². The van der Waals surface area contributed by atoms with E-state index in [4.69, 9.17) is 4.74 Å². The van der Waals surface area contributed by atoms with Crippen LogP contribution >= 0.6 is 0 Å². The van der Waals surface area contributed by atoms with E-state index in [-0.39, 0.29) is 41.3 Å². The van der Waals surface area contributed by atoms with Gasteiger partial charge in [-0.3, -0.25) is 4.79 Å². The third kappa shape index (κ3) is 5.59. The van der Waals surface area contributed by atoms with E-state index in [9.17, 15) is 21.6 Å². The van der Waals surface area contributed by atoms with Gasteiger partial charge in [0.15, 0.2) is 0 Å². The second-order valence-corrected chi connectivity index (χ2v) is 13.2. The second-order valence-electron chi connectivity index (χ2n) is 9.28. The molecule has 2 aromatic rings. The highest BCUT2D eigenvalue weighted by atomic mass is 32.2. The smallest absolute Gasteiger partial charge is 0.243 e. The Kier molecular flexibility index (Phi) is 8.03. The summed E-state index contributed by atoms with van der Waals surface area (Å²) in [4.78, 5) is 13.2.